The minimum Gasteiger partial charge on any atom is -0.328 e. The fraction of sp³-hybridized carbons (Fsp3) is 1.00. The van der Waals surface area contributed by atoms with E-state index in [2.05, 4.69) is 20.8 Å². The second-order valence-electron chi connectivity index (χ2n) is 5.69. The molecule has 0 aromatic heterocycles. The number of hydrogen-bond donors (Lipinski definition) is 3. The minimum absolute atomic E-state index is 0.0150. The van der Waals surface area contributed by atoms with Crippen molar-refractivity contribution in [3.63, 3.8) is 0 Å². The molecule has 0 amide bonds. The maximum Gasteiger partial charge on any atom is 0.0577 e. The van der Waals surface area contributed by atoms with E-state index in [1.54, 1.807) is 0 Å². The van der Waals surface area contributed by atoms with Crippen LogP contribution in [0.1, 0.15) is 40.0 Å². The molecule has 1 rings (SSSR count). The van der Waals surface area contributed by atoms with Gasteiger partial charge in [0.2, 0.25) is 0 Å². The highest BCUT2D eigenvalue weighted by Crippen LogP contribution is 2.45. The standard InChI is InChI=1S/C10H23N3/c1-9(2)4-7(11)5-10(3,6-9)8(12)13/h7-8H,4-6,11-13H2,1-3H3. The van der Waals surface area contributed by atoms with E-state index >= 15 is 0 Å². The summed E-state index contributed by atoms with van der Waals surface area (Å²) in [4.78, 5) is 0. The third kappa shape index (κ3) is 2.42. The van der Waals surface area contributed by atoms with Gasteiger partial charge in [0.1, 0.15) is 0 Å². The predicted octanol–water partition coefficient (Wildman–Crippen LogP) is 0.774. The second-order valence-corrected chi connectivity index (χ2v) is 5.69. The first kappa shape index (κ1) is 11.0. The van der Waals surface area contributed by atoms with E-state index in [1.807, 2.05) is 0 Å². The zero-order valence-corrected chi connectivity index (χ0v) is 9.01. The molecule has 3 nitrogen and oxygen atoms in total. The molecule has 13 heavy (non-hydrogen) atoms. The first-order valence-electron chi connectivity index (χ1n) is 5.02. The van der Waals surface area contributed by atoms with Crippen LogP contribution in [0.15, 0.2) is 0 Å². The molecule has 1 fully saturated rings. The number of nitrogens with two attached hydrogens (primary N) is 3. The molecule has 0 heterocycles. The molecule has 1 aliphatic rings. The van der Waals surface area contributed by atoms with Crippen LogP contribution in [-0.4, -0.2) is 12.2 Å². The molecular formula is C10H23N3. The van der Waals surface area contributed by atoms with Crippen LogP contribution in [0.4, 0.5) is 0 Å². The average molecular weight is 185 g/mol. The van der Waals surface area contributed by atoms with Crippen molar-refractivity contribution in [2.24, 2.45) is 28.0 Å². The molecule has 0 spiro atoms. The van der Waals surface area contributed by atoms with Gasteiger partial charge in [0.15, 0.2) is 0 Å². The lowest BCUT2D eigenvalue weighted by atomic mass is 9.62. The Hall–Kier alpha value is -0.120. The maximum absolute atomic E-state index is 6.01. The molecule has 2 atom stereocenters. The predicted molar refractivity (Wildman–Crippen MR) is 55.9 cm³/mol. The van der Waals surface area contributed by atoms with Crippen LogP contribution < -0.4 is 17.2 Å². The molecule has 1 aliphatic carbocycles. The molecule has 0 saturated heterocycles. The van der Waals surface area contributed by atoms with Crippen molar-refractivity contribution in [3.8, 4) is 0 Å². The molecule has 0 bridgehead atoms. The molecule has 0 aromatic carbocycles. The highest BCUT2D eigenvalue weighted by Gasteiger charge is 2.42. The molecule has 6 N–H and O–H groups in total. The molecule has 0 aliphatic heterocycles. The van der Waals surface area contributed by atoms with Gasteiger partial charge in [-0.15, -0.1) is 0 Å². The van der Waals surface area contributed by atoms with Crippen molar-refractivity contribution in [2.75, 3.05) is 0 Å². The lowest BCUT2D eigenvalue weighted by Crippen LogP contribution is -2.54. The summed E-state index contributed by atoms with van der Waals surface area (Å²) in [6.45, 7) is 6.64. The summed E-state index contributed by atoms with van der Waals surface area (Å²) in [7, 11) is 0. The molecular weight excluding hydrogens is 162 g/mol. The molecule has 3 heteroatoms. The van der Waals surface area contributed by atoms with Crippen LogP contribution in [0.2, 0.25) is 0 Å². The van der Waals surface area contributed by atoms with Crippen molar-refractivity contribution in [1.82, 2.24) is 0 Å². The monoisotopic (exact) mass is 185 g/mol. The normalized spacial score (nSPS) is 39.5. The van der Waals surface area contributed by atoms with E-state index < -0.39 is 0 Å². The summed E-state index contributed by atoms with van der Waals surface area (Å²) in [6.07, 6.45) is 2.85. The quantitative estimate of drug-likeness (QED) is 0.528. The van der Waals surface area contributed by atoms with E-state index in [4.69, 9.17) is 17.2 Å². The molecule has 1 saturated carbocycles. The molecule has 78 valence electrons. The van der Waals surface area contributed by atoms with Crippen LogP contribution in [0.3, 0.4) is 0 Å². The maximum atomic E-state index is 6.01. The lowest BCUT2D eigenvalue weighted by molar-refractivity contribution is 0.0624. The lowest BCUT2D eigenvalue weighted by Gasteiger charge is -2.47. The van der Waals surface area contributed by atoms with Gasteiger partial charge in [-0.05, 0) is 30.1 Å². The summed E-state index contributed by atoms with van der Waals surface area (Å²) in [5.41, 5.74) is 17.9. The molecule has 2 unspecified atom stereocenters. The van der Waals surface area contributed by atoms with Gasteiger partial charge in [0.05, 0.1) is 6.17 Å². The van der Waals surface area contributed by atoms with E-state index in [9.17, 15) is 0 Å². The fourth-order valence-electron chi connectivity index (χ4n) is 2.87. The zero-order chi connectivity index (χ0) is 10.3. The third-order valence-electron chi connectivity index (χ3n) is 3.23. The van der Waals surface area contributed by atoms with Crippen LogP contribution in [0, 0.1) is 10.8 Å². The Morgan fingerprint density at radius 3 is 2.08 bits per heavy atom. The third-order valence-corrected chi connectivity index (χ3v) is 3.23. The van der Waals surface area contributed by atoms with Crippen LogP contribution >= 0.6 is 0 Å². The summed E-state index contributed by atoms with van der Waals surface area (Å²) in [6, 6.07) is 0.253. The Morgan fingerprint density at radius 1 is 1.15 bits per heavy atom. The first-order chi connectivity index (χ1) is 5.75. The van der Waals surface area contributed by atoms with Gasteiger partial charge in [-0.25, -0.2) is 0 Å². The Kier molecular flexibility index (Phi) is 2.72. The highest BCUT2D eigenvalue weighted by atomic mass is 14.9. The molecule has 0 aromatic rings. The van der Waals surface area contributed by atoms with Gasteiger partial charge in [-0.3, -0.25) is 0 Å². The summed E-state index contributed by atoms with van der Waals surface area (Å²) in [5.74, 6) is 0. The molecule has 0 radical (unpaired) electrons. The fourth-order valence-corrected chi connectivity index (χ4v) is 2.87. The van der Waals surface area contributed by atoms with Crippen molar-refractivity contribution in [1.29, 1.82) is 0 Å². The summed E-state index contributed by atoms with van der Waals surface area (Å²) in [5, 5.41) is 0. The van der Waals surface area contributed by atoms with Crippen LogP contribution in [0.25, 0.3) is 0 Å². The summed E-state index contributed by atoms with van der Waals surface area (Å²) >= 11 is 0. The smallest absolute Gasteiger partial charge is 0.0577 e. The van der Waals surface area contributed by atoms with E-state index in [1.165, 1.54) is 0 Å². The van der Waals surface area contributed by atoms with Gasteiger partial charge in [0.25, 0.3) is 0 Å². The van der Waals surface area contributed by atoms with E-state index in [-0.39, 0.29) is 23.0 Å². The Labute approximate surface area is 81.0 Å². The van der Waals surface area contributed by atoms with Crippen molar-refractivity contribution in [3.05, 3.63) is 0 Å². The number of rotatable bonds is 1. The topological polar surface area (TPSA) is 78.1 Å². The van der Waals surface area contributed by atoms with Crippen molar-refractivity contribution < 1.29 is 0 Å². The number of hydrogen-bond acceptors (Lipinski definition) is 3. The van der Waals surface area contributed by atoms with Crippen molar-refractivity contribution >= 4 is 0 Å². The first-order valence-corrected chi connectivity index (χ1v) is 5.02. The largest absolute Gasteiger partial charge is 0.328 e. The zero-order valence-electron chi connectivity index (χ0n) is 9.01. The van der Waals surface area contributed by atoms with Gasteiger partial charge in [-0.2, -0.15) is 0 Å². The van der Waals surface area contributed by atoms with Crippen LogP contribution in [0.5, 0.6) is 0 Å². The average Bonchev–Trinajstić information content (AvgIpc) is 1.79. The van der Waals surface area contributed by atoms with Gasteiger partial charge in [0, 0.05) is 6.04 Å². The van der Waals surface area contributed by atoms with Gasteiger partial charge >= 0.3 is 0 Å². The second kappa shape index (κ2) is 3.23. The summed E-state index contributed by atoms with van der Waals surface area (Å²) < 4.78 is 0. The highest BCUT2D eigenvalue weighted by molar-refractivity contribution is 4.96. The Morgan fingerprint density at radius 2 is 1.69 bits per heavy atom. The Balaban J connectivity index is 2.78. The SMILES string of the molecule is CC1(C)CC(N)CC(C)(C(N)N)C1. The van der Waals surface area contributed by atoms with E-state index in [0.29, 0.717) is 0 Å². The van der Waals surface area contributed by atoms with Gasteiger partial charge < -0.3 is 17.2 Å². The van der Waals surface area contributed by atoms with Crippen molar-refractivity contribution in [2.45, 2.75) is 52.2 Å². The Bertz CT molecular complexity index is 189. The van der Waals surface area contributed by atoms with E-state index in [0.717, 1.165) is 19.3 Å². The minimum atomic E-state index is -0.252. The van der Waals surface area contributed by atoms with Crippen LogP contribution in [-0.2, 0) is 0 Å². The van der Waals surface area contributed by atoms with Gasteiger partial charge in [-0.1, -0.05) is 20.8 Å².